The SMILES string of the molecule is CCC(C)(CCN(C)C)CC(C)C. The second-order valence-corrected chi connectivity index (χ2v) is 5.32. The Kier molecular flexibility index (Phi) is 5.62. The van der Waals surface area contributed by atoms with Crippen molar-refractivity contribution in [1.29, 1.82) is 0 Å². The van der Waals surface area contributed by atoms with E-state index in [1.54, 1.807) is 0 Å². The first kappa shape index (κ1) is 13.0. The van der Waals surface area contributed by atoms with E-state index < -0.39 is 0 Å². The highest BCUT2D eigenvalue weighted by Gasteiger charge is 2.22. The number of nitrogens with zero attached hydrogens (tertiary/aromatic N) is 1. The van der Waals surface area contributed by atoms with E-state index in [4.69, 9.17) is 0 Å². The molecule has 0 saturated heterocycles. The van der Waals surface area contributed by atoms with Crippen molar-refractivity contribution in [3.05, 3.63) is 0 Å². The monoisotopic (exact) mass is 185 g/mol. The molecule has 0 spiro atoms. The van der Waals surface area contributed by atoms with Gasteiger partial charge in [0.25, 0.3) is 0 Å². The standard InChI is InChI=1S/C12H27N/c1-7-12(4,10-11(2)3)8-9-13(5)6/h11H,7-10H2,1-6H3. The van der Waals surface area contributed by atoms with E-state index in [1.807, 2.05) is 0 Å². The molecule has 80 valence electrons. The van der Waals surface area contributed by atoms with Gasteiger partial charge in [-0.15, -0.1) is 0 Å². The van der Waals surface area contributed by atoms with Crippen molar-refractivity contribution in [2.45, 2.75) is 47.0 Å². The highest BCUT2D eigenvalue weighted by Crippen LogP contribution is 2.33. The van der Waals surface area contributed by atoms with Crippen molar-refractivity contribution >= 4 is 0 Å². The molecule has 1 nitrogen and oxygen atoms in total. The van der Waals surface area contributed by atoms with Crippen molar-refractivity contribution in [3.8, 4) is 0 Å². The predicted octanol–water partition coefficient (Wildman–Crippen LogP) is 3.40. The van der Waals surface area contributed by atoms with Gasteiger partial charge in [-0.1, -0.05) is 34.1 Å². The van der Waals surface area contributed by atoms with E-state index >= 15 is 0 Å². The lowest BCUT2D eigenvalue weighted by atomic mass is 9.77. The van der Waals surface area contributed by atoms with Crippen molar-refractivity contribution < 1.29 is 0 Å². The van der Waals surface area contributed by atoms with Gasteiger partial charge in [0.15, 0.2) is 0 Å². The van der Waals surface area contributed by atoms with Crippen LogP contribution >= 0.6 is 0 Å². The smallest absolute Gasteiger partial charge is 0.00196 e. The van der Waals surface area contributed by atoms with Gasteiger partial charge in [-0.2, -0.15) is 0 Å². The van der Waals surface area contributed by atoms with Gasteiger partial charge in [0, 0.05) is 0 Å². The molecule has 0 fully saturated rings. The van der Waals surface area contributed by atoms with E-state index in [9.17, 15) is 0 Å². The first-order valence-electron chi connectivity index (χ1n) is 5.54. The average Bonchev–Trinajstić information content (AvgIpc) is 2.00. The van der Waals surface area contributed by atoms with E-state index in [-0.39, 0.29) is 0 Å². The zero-order chi connectivity index (χ0) is 10.5. The van der Waals surface area contributed by atoms with Crippen LogP contribution in [0.25, 0.3) is 0 Å². The molecular formula is C12H27N. The molecule has 0 radical (unpaired) electrons. The first-order chi connectivity index (χ1) is 5.89. The molecule has 1 heteroatoms. The van der Waals surface area contributed by atoms with Crippen molar-refractivity contribution in [2.24, 2.45) is 11.3 Å². The Morgan fingerprint density at radius 2 is 1.77 bits per heavy atom. The third-order valence-corrected chi connectivity index (χ3v) is 2.92. The molecule has 0 aromatic rings. The maximum absolute atomic E-state index is 2.43. The van der Waals surface area contributed by atoms with Crippen LogP contribution in [0.4, 0.5) is 0 Å². The van der Waals surface area contributed by atoms with Crippen LogP contribution in [0, 0.1) is 11.3 Å². The quantitative estimate of drug-likeness (QED) is 0.613. The van der Waals surface area contributed by atoms with Gasteiger partial charge < -0.3 is 4.90 Å². The number of hydrogen-bond acceptors (Lipinski definition) is 1. The summed E-state index contributed by atoms with van der Waals surface area (Å²) in [7, 11) is 4.32. The zero-order valence-electron chi connectivity index (χ0n) is 10.4. The van der Waals surface area contributed by atoms with Crippen LogP contribution < -0.4 is 0 Å². The Balaban J connectivity index is 3.96. The molecule has 1 unspecified atom stereocenters. The molecule has 0 amide bonds. The maximum Gasteiger partial charge on any atom is -0.00196 e. The molecule has 0 heterocycles. The van der Waals surface area contributed by atoms with Crippen LogP contribution in [-0.2, 0) is 0 Å². The van der Waals surface area contributed by atoms with Gasteiger partial charge in [-0.05, 0) is 44.8 Å². The molecule has 0 aromatic carbocycles. The Labute approximate surface area is 84.5 Å². The summed E-state index contributed by atoms with van der Waals surface area (Å²) in [5.74, 6) is 0.826. The molecule has 1 atom stereocenters. The van der Waals surface area contributed by atoms with Crippen molar-refractivity contribution in [2.75, 3.05) is 20.6 Å². The number of hydrogen-bond donors (Lipinski definition) is 0. The predicted molar refractivity (Wildman–Crippen MR) is 61.0 cm³/mol. The Hall–Kier alpha value is -0.0400. The average molecular weight is 185 g/mol. The summed E-state index contributed by atoms with van der Waals surface area (Å²) >= 11 is 0. The number of rotatable bonds is 6. The highest BCUT2D eigenvalue weighted by atomic mass is 15.0. The minimum atomic E-state index is 0.554. The normalized spacial score (nSPS) is 16.6. The van der Waals surface area contributed by atoms with E-state index in [0.717, 1.165) is 5.92 Å². The second-order valence-electron chi connectivity index (χ2n) is 5.32. The van der Waals surface area contributed by atoms with Gasteiger partial charge >= 0.3 is 0 Å². The molecule has 0 aliphatic heterocycles. The van der Waals surface area contributed by atoms with Crippen LogP contribution in [0.2, 0.25) is 0 Å². The van der Waals surface area contributed by atoms with Crippen LogP contribution in [0.15, 0.2) is 0 Å². The van der Waals surface area contributed by atoms with Crippen LogP contribution in [0.5, 0.6) is 0 Å². The molecule has 0 rings (SSSR count). The van der Waals surface area contributed by atoms with E-state index in [1.165, 1.54) is 25.8 Å². The van der Waals surface area contributed by atoms with Crippen LogP contribution in [0.3, 0.4) is 0 Å². The molecule has 0 saturated carbocycles. The summed E-state index contributed by atoms with van der Waals surface area (Å²) in [5, 5.41) is 0. The summed E-state index contributed by atoms with van der Waals surface area (Å²) in [6, 6.07) is 0. The summed E-state index contributed by atoms with van der Waals surface area (Å²) in [4.78, 5) is 2.29. The van der Waals surface area contributed by atoms with E-state index in [0.29, 0.717) is 5.41 Å². The molecule has 0 aliphatic carbocycles. The summed E-state index contributed by atoms with van der Waals surface area (Å²) in [5.41, 5.74) is 0.554. The zero-order valence-corrected chi connectivity index (χ0v) is 10.4. The summed E-state index contributed by atoms with van der Waals surface area (Å²) < 4.78 is 0. The Bertz CT molecular complexity index is 129. The van der Waals surface area contributed by atoms with Crippen LogP contribution in [-0.4, -0.2) is 25.5 Å². The largest absolute Gasteiger partial charge is 0.309 e. The topological polar surface area (TPSA) is 3.24 Å². The maximum atomic E-state index is 2.43. The van der Waals surface area contributed by atoms with Gasteiger partial charge in [0.2, 0.25) is 0 Å². The highest BCUT2D eigenvalue weighted by molar-refractivity contribution is 4.75. The second kappa shape index (κ2) is 5.64. The third kappa shape index (κ3) is 6.09. The van der Waals surface area contributed by atoms with Gasteiger partial charge in [-0.25, -0.2) is 0 Å². The Morgan fingerprint density at radius 3 is 2.08 bits per heavy atom. The van der Waals surface area contributed by atoms with E-state index in [2.05, 4.69) is 46.7 Å². The molecule has 0 bridgehead atoms. The minimum absolute atomic E-state index is 0.554. The lowest BCUT2D eigenvalue weighted by Crippen LogP contribution is -2.24. The van der Waals surface area contributed by atoms with Crippen molar-refractivity contribution in [1.82, 2.24) is 4.90 Å². The fraction of sp³-hybridized carbons (Fsp3) is 1.00. The lowest BCUT2D eigenvalue weighted by Gasteiger charge is -2.31. The first-order valence-corrected chi connectivity index (χ1v) is 5.54. The minimum Gasteiger partial charge on any atom is -0.309 e. The van der Waals surface area contributed by atoms with Gasteiger partial charge in [-0.3, -0.25) is 0 Å². The van der Waals surface area contributed by atoms with Crippen molar-refractivity contribution in [3.63, 3.8) is 0 Å². The molecular weight excluding hydrogens is 158 g/mol. The third-order valence-electron chi connectivity index (χ3n) is 2.92. The Morgan fingerprint density at radius 1 is 1.23 bits per heavy atom. The molecule has 13 heavy (non-hydrogen) atoms. The lowest BCUT2D eigenvalue weighted by molar-refractivity contribution is 0.200. The van der Waals surface area contributed by atoms with Gasteiger partial charge in [0.1, 0.15) is 0 Å². The fourth-order valence-corrected chi connectivity index (χ4v) is 1.90. The fourth-order valence-electron chi connectivity index (χ4n) is 1.90. The van der Waals surface area contributed by atoms with Gasteiger partial charge in [0.05, 0.1) is 0 Å². The summed E-state index contributed by atoms with van der Waals surface area (Å²) in [6.07, 6.45) is 3.99. The molecule has 0 aliphatic rings. The molecule has 0 aromatic heterocycles. The van der Waals surface area contributed by atoms with Crippen LogP contribution in [0.1, 0.15) is 47.0 Å². The summed E-state index contributed by atoms with van der Waals surface area (Å²) in [6.45, 7) is 10.6. The molecule has 0 N–H and O–H groups in total.